The van der Waals surface area contributed by atoms with Crippen LogP contribution in [0.3, 0.4) is 0 Å². The Bertz CT molecular complexity index is 390. The van der Waals surface area contributed by atoms with E-state index in [1.165, 1.54) is 0 Å². The second kappa shape index (κ2) is 4.88. The van der Waals surface area contributed by atoms with Crippen molar-refractivity contribution in [3.8, 4) is 5.75 Å². The summed E-state index contributed by atoms with van der Waals surface area (Å²) >= 11 is 11.7. The highest BCUT2D eigenvalue weighted by Crippen LogP contribution is 2.27. The molecule has 0 saturated heterocycles. The minimum Gasteiger partial charge on any atom is -0.462 e. The van der Waals surface area contributed by atoms with Crippen molar-refractivity contribution in [3.05, 3.63) is 40.1 Å². The zero-order chi connectivity index (χ0) is 10.7. The summed E-state index contributed by atoms with van der Waals surface area (Å²) in [5, 5.41) is 4.28. The Hall–Kier alpha value is -0.700. The fourth-order valence-electron chi connectivity index (χ4n) is 1.39. The molecular weight excluding hydrogens is 233 g/mol. The fourth-order valence-corrected chi connectivity index (χ4v) is 1.67. The Morgan fingerprint density at radius 3 is 2.73 bits per heavy atom. The predicted octanol–water partition coefficient (Wildman–Crippen LogP) is 3.25. The van der Waals surface area contributed by atoms with E-state index in [9.17, 15) is 0 Å². The number of rotatable bonds is 2. The minimum absolute atomic E-state index is 0.517. The molecule has 0 spiro atoms. The molecule has 0 amide bonds. The van der Waals surface area contributed by atoms with Gasteiger partial charge < -0.3 is 10.1 Å². The summed E-state index contributed by atoms with van der Waals surface area (Å²) in [4.78, 5) is 0. The van der Waals surface area contributed by atoms with E-state index >= 15 is 0 Å². The average molecular weight is 244 g/mol. The molecule has 1 heterocycles. The first-order chi connectivity index (χ1) is 7.25. The van der Waals surface area contributed by atoms with Crippen LogP contribution in [0.4, 0.5) is 0 Å². The molecule has 0 unspecified atom stereocenters. The van der Waals surface area contributed by atoms with Gasteiger partial charge in [-0.2, -0.15) is 0 Å². The van der Waals surface area contributed by atoms with Gasteiger partial charge in [0.2, 0.25) is 0 Å². The molecule has 0 fully saturated rings. The van der Waals surface area contributed by atoms with Crippen molar-refractivity contribution < 1.29 is 4.74 Å². The second-order valence-electron chi connectivity index (χ2n) is 3.30. The van der Waals surface area contributed by atoms with Crippen LogP contribution in [0.5, 0.6) is 5.75 Å². The molecule has 0 bridgehead atoms. The normalized spacial score (nSPS) is 16.0. The molecule has 0 aliphatic carbocycles. The summed E-state index contributed by atoms with van der Waals surface area (Å²) in [6.07, 6.45) is 2.94. The van der Waals surface area contributed by atoms with Gasteiger partial charge in [0.05, 0.1) is 10.0 Å². The summed E-state index contributed by atoms with van der Waals surface area (Å²) in [5.41, 5.74) is 0. The van der Waals surface area contributed by atoms with E-state index in [0.717, 1.165) is 31.0 Å². The van der Waals surface area contributed by atoms with E-state index in [1.54, 1.807) is 12.1 Å². The van der Waals surface area contributed by atoms with Crippen LogP contribution in [0.2, 0.25) is 10.0 Å². The molecule has 4 heteroatoms. The zero-order valence-electron chi connectivity index (χ0n) is 8.09. The van der Waals surface area contributed by atoms with Gasteiger partial charge >= 0.3 is 0 Å². The monoisotopic (exact) mass is 243 g/mol. The first-order valence-electron chi connectivity index (χ1n) is 4.78. The highest BCUT2D eigenvalue weighted by Gasteiger charge is 2.06. The number of ether oxygens (including phenoxy) is 1. The van der Waals surface area contributed by atoms with Crippen molar-refractivity contribution in [3.63, 3.8) is 0 Å². The number of nitrogens with one attached hydrogen (secondary N) is 1. The van der Waals surface area contributed by atoms with Gasteiger partial charge in [-0.3, -0.25) is 0 Å². The lowest BCUT2D eigenvalue weighted by atomic mass is 10.2. The van der Waals surface area contributed by atoms with Crippen LogP contribution in [-0.2, 0) is 0 Å². The van der Waals surface area contributed by atoms with Crippen LogP contribution < -0.4 is 10.1 Å². The van der Waals surface area contributed by atoms with Gasteiger partial charge in [0, 0.05) is 25.6 Å². The molecule has 0 aromatic heterocycles. The molecule has 0 atom stereocenters. The lowest BCUT2D eigenvalue weighted by Gasteiger charge is -2.15. The third-order valence-electron chi connectivity index (χ3n) is 2.16. The predicted molar refractivity (Wildman–Crippen MR) is 62.7 cm³/mol. The van der Waals surface area contributed by atoms with E-state index < -0.39 is 0 Å². The van der Waals surface area contributed by atoms with Crippen LogP contribution in [0.1, 0.15) is 6.42 Å². The topological polar surface area (TPSA) is 21.3 Å². The molecule has 1 N–H and O–H groups in total. The summed E-state index contributed by atoms with van der Waals surface area (Å²) in [6.45, 7) is 1.81. The molecule has 1 aliphatic heterocycles. The fraction of sp³-hybridized carbons (Fsp3) is 0.273. The standard InChI is InChI=1S/C11H11Cl2NO/c12-10-2-1-9(7-11(10)13)15-8-3-5-14-6-4-8/h1-3,7,14H,4-6H2. The van der Waals surface area contributed by atoms with E-state index in [1.807, 2.05) is 12.1 Å². The van der Waals surface area contributed by atoms with Gasteiger partial charge in [-0.05, 0) is 18.2 Å². The Morgan fingerprint density at radius 1 is 1.20 bits per heavy atom. The Morgan fingerprint density at radius 2 is 2.07 bits per heavy atom. The van der Waals surface area contributed by atoms with Crippen LogP contribution in [-0.4, -0.2) is 13.1 Å². The van der Waals surface area contributed by atoms with Crippen LogP contribution in [0.25, 0.3) is 0 Å². The van der Waals surface area contributed by atoms with Gasteiger partial charge in [-0.15, -0.1) is 0 Å². The number of halogens is 2. The summed E-state index contributed by atoms with van der Waals surface area (Å²) in [6, 6.07) is 5.28. The quantitative estimate of drug-likeness (QED) is 0.862. The lowest BCUT2D eigenvalue weighted by molar-refractivity contribution is 0.388. The summed E-state index contributed by atoms with van der Waals surface area (Å²) in [5.74, 6) is 1.71. The molecule has 1 aromatic carbocycles. The maximum absolute atomic E-state index is 5.89. The number of hydrogen-bond acceptors (Lipinski definition) is 2. The molecule has 0 saturated carbocycles. The maximum atomic E-state index is 5.89. The molecule has 1 aromatic rings. The van der Waals surface area contributed by atoms with Gasteiger partial charge in [-0.25, -0.2) is 0 Å². The van der Waals surface area contributed by atoms with Crippen molar-refractivity contribution >= 4 is 23.2 Å². The van der Waals surface area contributed by atoms with Crippen molar-refractivity contribution in [1.29, 1.82) is 0 Å². The van der Waals surface area contributed by atoms with Crippen LogP contribution in [0.15, 0.2) is 30.0 Å². The number of hydrogen-bond donors (Lipinski definition) is 1. The average Bonchev–Trinajstić information content (AvgIpc) is 2.25. The van der Waals surface area contributed by atoms with Crippen LogP contribution in [0, 0.1) is 0 Å². The molecule has 2 nitrogen and oxygen atoms in total. The smallest absolute Gasteiger partial charge is 0.128 e. The molecule has 1 aliphatic rings. The first-order valence-corrected chi connectivity index (χ1v) is 5.54. The Balaban J connectivity index is 2.10. The molecule has 2 rings (SSSR count). The van der Waals surface area contributed by atoms with E-state index in [4.69, 9.17) is 27.9 Å². The van der Waals surface area contributed by atoms with E-state index in [2.05, 4.69) is 5.32 Å². The minimum atomic E-state index is 0.517. The third-order valence-corrected chi connectivity index (χ3v) is 2.90. The highest BCUT2D eigenvalue weighted by atomic mass is 35.5. The highest BCUT2D eigenvalue weighted by molar-refractivity contribution is 6.42. The van der Waals surface area contributed by atoms with E-state index in [0.29, 0.717) is 10.0 Å². The number of benzene rings is 1. The van der Waals surface area contributed by atoms with Crippen LogP contribution >= 0.6 is 23.2 Å². The second-order valence-corrected chi connectivity index (χ2v) is 4.12. The van der Waals surface area contributed by atoms with E-state index in [-0.39, 0.29) is 0 Å². The van der Waals surface area contributed by atoms with Gasteiger partial charge in [0.25, 0.3) is 0 Å². The molecular formula is C11H11Cl2NO. The van der Waals surface area contributed by atoms with Crippen molar-refractivity contribution in [1.82, 2.24) is 5.32 Å². The van der Waals surface area contributed by atoms with Crippen molar-refractivity contribution in [2.24, 2.45) is 0 Å². The molecule has 80 valence electrons. The third kappa shape index (κ3) is 2.88. The molecule has 15 heavy (non-hydrogen) atoms. The first kappa shape index (κ1) is 10.8. The van der Waals surface area contributed by atoms with Crippen molar-refractivity contribution in [2.75, 3.05) is 13.1 Å². The lowest BCUT2D eigenvalue weighted by Crippen LogP contribution is -2.22. The van der Waals surface area contributed by atoms with Gasteiger partial charge in [0.1, 0.15) is 11.5 Å². The SMILES string of the molecule is Clc1ccc(OC2=CCNCC2)cc1Cl. The van der Waals surface area contributed by atoms with Gasteiger partial charge in [-0.1, -0.05) is 23.2 Å². The molecule has 0 radical (unpaired) electrons. The van der Waals surface area contributed by atoms with Crippen molar-refractivity contribution in [2.45, 2.75) is 6.42 Å². The Kier molecular flexibility index (Phi) is 3.52. The zero-order valence-corrected chi connectivity index (χ0v) is 9.61. The maximum Gasteiger partial charge on any atom is 0.128 e. The summed E-state index contributed by atoms with van der Waals surface area (Å²) < 4.78 is 5.67. The van der Waals surface area contributed by atoms with Gasteiger partial charge in [0.15, 0.2) is 0 Å². The largest absolute Gasteiger partial charge is 0.462 e. The Labute approximate surface area is 98.8 Å². The summed E-state index contributed by atoms with van der Waals surface area (Å²) in [7, 11) is 0.